The molecule has 22 heavy (non-hydrogen) atoms. The molecule has 1 N–H and O–H groups in total. The van der Waals surface area contributed by atoms with Crippen molar-refractivity contribution >= 4 is 23.3 Å². The number of amides is 1. The molecule has 0 aliphatic carbocycles. The second-order valence-electron chi connectivity index (χ2n) is 5.00. The first kappa shape index (κ1) is 16.4. The van der Waals surface area contributed by atoms with Crippen molar-refractivity contribution in [1.29, 1.82) is 0 Å². The summed E-state index contributed by atoms with van der Waals surface area (Å²) in [5.74, 6) is 0.375. The lowest BCUT2D eigenvalue weighted by Crippen LogP contribution is -2.33. The van der Waals surface area contributed by atoms with E-state index >= 15 is 0 Å². The minimum absolute atomic E-state index is 0.102. The number of pyridine rings is 2. The van der Waals surface area contributed by atoms with Gasteiger partial charge in [-0.05, 0) is 37.7 Å². The Morgan fingerprint density at radius 3 is 2.73 bits per heavy atom. The Balaban J connectivity index is 1.96. The van der Waals surface area contributed by atoms with Crippen LogP contribution in [-0.2, 0) is 4.79 Å². The van der Waals surface area contributed by atoms with Crippen molar-refractivity contribution in [3.8, 4) is 0 Å². The fourth-order valence-corrected chi connectivity index (χ4v) is 2.40. The highest BCUT2D eigenvalue weighted by Crippen LogP contribution is 2.20. The van der Waals surface area contributed by atoms with Crippen LogP contribution in [0.15, 0.2) is 42.7 Å². The average Bonchev–Trinajstić information content (AvgIpc) is 2.51. The zero-order chi connectivity index (χ0) is 15.9. The molecular formula is C16H19ClN4O. The van der Waals surface area contributed by atoms with Crippen molar-refractivity contribution in [2.24, 2.45) is 0 Å². The van der Waals surface area contributed by atoms with Gasteiger partial charge in [0.1, 0.15) is 5.82 Å². The number of anilines is 1. The summed E-state index contributed by atoms with van der Waals surface area (Å²) < 4.78 is 0. The third-order valence-corrected chi connectivity index (χ3v) is 3.56. The minimum Gasteiger partial charge on any atom is -0.310 e. The predicted octanol–water partition coefficient (Wildman–Crippen LogP) is 3.15. The van der Waals surface area contributed by atoms with E-state index in [0.717, 1.165) is 12.1 Å². The zero-order valence-electron chi connectivity index (χ0n) is 12.7. The normalized spacial score (nSPS) is 12.2. The maximum absolute atomic E-state index is 12.1. The van der Waals surface area contributed by atoms with Crippen molar-refractivity contribution in [2.45, 2.75) is 19.4 Å². The van der Waals surface area contributed by atoms with E-state index in [2.05, 4.69) is 22.2 Å². The molecular weight excluding hydrogens is 300 g/mol. The average molecular weight is 319 g/mol. The number of rotatable bonds is 6. The number of aromatic nitrogens is 2. The van der Waals surface area contributed by atoms with Gasteiger partial charge in [-0.25, -0.2) is 4.98 Å². The zero-order valence-corrected chi connectivity index (χ0v) is 13.4. The summed E-state index contributed by atoms with van der Waals surface area (Å²) in [7, 11) is 1.91. The van der Waals surface area contributed by atoms with Crippen LogP contribution in [0.1, 0.15) is 25.1 Å². The van der Waals surface area contributed by atoms with Crippen molar-refractivity contribution in [3.05, 3.63) is 53.4 Å². The Morgan fingerprint density at radius 2 is 2.14 bits per heavy atom. The molecule has 0 spiro atoms. The number of hydrogen-bond acceptors (Lipinski definition) is 4. The quantitative estimate of drug-likeness (QED) is 0.889. The first-order chi connectivity index (χ1) is 10.6. The number of carbonyl (C=O) groups is 1. The summed E-state index contributed by atoms with van der Waals surface area (Å²) in [6.07, 6.45) is 4.15. The van der Waals surface area contributed by atoms with Crippen molar-refractivity contribution in [3.63, 3.8) is 0 Å². The van der Waals surface area contributed by atoms with Crippen LogP contribution < -0.4 is 5.32 Å². The molecule has 0 aliphatic rings. The van der Waals surface area contributed by atoms with Crippen LogP contribution in [0.4, 0.5) is 5.82 Å². The Hall–Kier alpha value is -1.98. The van der Waals surface area contributed by atoms with Gasteiger partial charge < -0.3 is 5.32 Å². The van der Waals surface area contributed by atoms with Crippen LogP contribution in [0.25, 0.3) is 0 Å². The topological polar surface area (TPSA) is 58.1 Å². The fraction of sp³-hybridized carbons (Fsp3) is 0.312. The van der Waals surface area contributed by atoms with E-state index in [-0.39, 0.29) is 18.5 Å². The summed E-state index contributed by atoms with van der Waals surface area (Å²) >= 11 is 5.77. The number of halogens is 1. The van der Waals surface area contributed by atoms with E-state index in [1.54, 1.807) is 18.3 Å². The fourth-order valence-electron chi connectivity index (χ4n) is 2.29. The summed E-state index contributed by atoms with van der Waals surface area (Å²) in [5, 5.41) is 3.30. The van der Waals surface area contributed by atoms with Crippen LogP contribution in [0.3, 0.4) is 0 Å². The first-order valence-corrected chi connectivity index (χ1v) is 7.50. The second kappa shape index (κ2) is 7.87. The van der Waals surface area contributed by atoms with Crippen molar-refractivity contribution < 1.29 is 4.79 Å². The molecule has 2 aromatic rings. The Bertz CT molecular complexity index is 603. The molecule has 0 radical (unpaired) electrons. The molecule has 6 heteroatoms. The first-order valence-electron chi connectivity index (χ1n) is 7.12. The molecule has 0 saturated heterocycles. The molecule has 2 rings (SSSR count). The van der Waals surface area contributed by atoms with Crippen LogP contribution in [-0.4, -0.2) is 34.4 Å². The Kier molecular flexibility index (Phi) is 5.86. The minimum atomic E-state index is -0.119. The molecule has 0 aliphatic heterocycles. The Morgan fingerprint density at radius 1 is 1.32 bits per heavy atom. The van der Waals surface area contributed by atoms with E-state index in [1.807, 2.05) is 30.1 Å². The predicted molar refractivity (Wildman–Crippen MR) is 87.8 cm³/mol. The highest BCUT2D eigenvalue weighted by atomic mass is 35.5. The van der Waals surface area contributed by atoms with Crippen LogP contribution >= 0.6 is 11.6 Å². The van der Waals surface area contributed by atoms with Gasteiger partial charge >= 0.3 is 0 Å². The third kappa shape index (κ3) is 4.51. The third-order valence-electron chi connectivity index (χ3n) is 3.34. The monoisotopic (exact) mass is 318 g/mol. The molecule has 0 bridgehead atoms. The van der Waals surface area contributed by atoms with Crippen LogP contribution in [0.2, 0.25) is 5.02 Å². The van der Waals surface area contributed by atoms with Gasteiger partial charge in [0.15, 0.2) is 0 Å². The van der Waals surface area contributed by atoms with Gasteiger partial charge in [0, 0.05) is 12.4 Å². The van der Waals surface area contributed by atoms with Gasteiger partial charge in [-0.2, -0.15) is 0 Å². The molecule has 2 aromatic heterocycles. The van der Waals surface area contributed by atoms with Gasteiger partial charge in [0.25, 0.3) is 0 Å². The summed E-state index contributed by atoms with van der Waals surface area (Å²) in [4.78, 5) is 22.5. The van der Waals surface area contributed by atoms with Gasteiger partial charge in [0.2, 0.25) is 5.91 Å². The number of nitrogens with zero attached hydrogens (tertiary/aromatic N) is 3. The lowest BCUT2D eigenvalue weighted by Gasteiger charge is -2.25. The molecule has 0 unspecified atom stereocenters. The summed E-state index contributed by atoms with van der Waals surface area (Å²) in [5.41, 5.74) is 0.963. The van der Waals surface area contributed by atoms with Gasteiger partial charge in [-0.15, -0.1) is 0 Å². The number of carbonyl (C=O) groups excluding carboxylic acids is 1. The molecule has 2 heterocycles. The van der Waals surface area contributed by atoms with Crippen molar-refractivity contribution in [1.82, 2.24) is 14.9 Å². The maximum atomic E-state index is 12.1. The Labute approximate surface area is 135 Å². The molecule has 1 amide bonds. The maximum Gasteiger partial charge on any atom is 0.239 e. The largest absolute Gasteiger partial charge is 0.310 e. The van der Waals surface area contributed by atoms with Gasteiger partial charge in [-0.3, -0.25) is 14.7 Å². The van der Waals surface area contributed by atoms with E-state index < -0.39 is 0 Å². The number of likely N-dealkylation sites (N-methyl/N-ethyl adjacent to an activating group) is 1. The number of hydrogen-bond donors (Lipinski definition) is 1. The molecule has 116 valence electrons. The van der Waals surface area contributed by atoms with Gasteiger partial charge in [0.05, 0.1) is 23.3 Å². The smallest absolute Gasteiger partial charge is 0.239 e. The van der Waals surface area contributed by atoms with E-state index in [0.29, 0.717) is 10.8 Å². The molecule has 0 fully saturated rings. The molecule has 0 aromatic carbocycles. The second-order valence-corrected chi connectivity index (χ2v) is 5.44. The van der Waals surface area contributed by atoms with Crippen molar-refractivity contribution in [2.75, 3.05) is 18.9 Å². The SMILES string of the molecule is CC[C@@H](c1ccccn1)N(C)CC(=O)Nc1ccc(Cl)cn1. The summed E-state index contributed by atoms with van der Waals surface area (Å²) in [6.45, 7) is 2.34. The molecule has 0 saturated carbocycles. The summed E-state index contributed by atoms with van der Waals surface area (Å²) in [6, 6.07) is 9.28. The van der Waals surface area contributed by atoms with Crippen LogP contribution in [0, 0.1) is 0 Å². The van der Waals surface area contributed by atoms with E-state index in [9.17, 15) is 4.79 Å². The highest BCUT2D eigenvalue weighted by molar-refractivity contribution is 6.30. The van der Waals surface area contributed by atoms with Crippen LogP contribution in [0.5, 0.6) is 0 Å². The van der Waals surface area contributed by atoms with E-state index in [4.69, 9.17) is 11.6 Å². The lowest BCUT2D eigenvalue weighted by molar-refractivity contribution is -0.117. The van der Waals surface area contributed by atoms with E-state index in [1.165, 1.54) is 6.20 Å². The number of nitrogens with one attached hydrogen (secondary N) is 1. The standard InChI is InChI=1S/C16H19ClN4O/c1-3-14(13-6-4-5-9-18-13)21(2)11-16(22)20-15-8-7-12(17)10-19-15/h4-10,14H,3,11H2,1-2H3,(H,19,20,22)/t14-/m0/s1. The van der Waals surface area contributed by atoms with Gasteiger partial charge in [-0.1, -0.05) is 24.6 Å². The molecule has 1 atom stereocenters. The molecule has 5 nitrogen and oxygen atoms in total. The highest BCUT2D eigenvalue weighted by Gasteiger charge is 2.18. The lowest BCUT2D eigenvalue weighted by atomic mass is 10.1.